The number of carbonyl (C=O) groups excluding carboxylic acids is 1. The fraction of sp³-hybridized carbons (Fsp3) is 0.133. The quantitative estimate of drug-likeness (QED) is 0.783. The Balaban J connectivity index is 1.99. The summed E-state index contributed by atoms with van der Waals surface area (Å²) in [7, 11) is 1.58. The van der Waals surface area contributed by atoms with Crippen molar-refractivity contribution in [1.82, 2.24) is 0 Å². The standard InChI is InChI=1S/C15H13ClO3/c1-18-12-8-6-11(7-9-12)14(17)10-19-15-5-3-2-4-13(15)16/h2-9H,10H2,1H3. The molecule has 4 heteroatoms. The molecule has 0 spiro atoms. The third kappa shape index (κ3) is 3.48. The molecule has 0 amide bonds. The number of ether oxygens (including phenoxy) is 2. The fourth-order valence-electron chi connectivity index (χ4n) is 1.57. The molecule has 2 aromatic carbocycles. The molecule has 2 aromatic rings. The Bertz CT molecular complexity index is 564. The highest BCUT2D eigenvalue weighted by atomic mass is 35.5. The van der Waals surface area contributed by atoms with Gasteiger partial charge in [0.05, 0.1) is 12.1 Å². The molecule has 19 heavy (non-hydrogen) atoms. The number of para-hydroxylation sites is 1. The molecule has 0 unspecified atom stereocenters. The second kappa shape index (κ2) is 6.25. The summed E-state index contributed by atoms with van der Waals surface area (Å²) < 4.78 is 10.4. The molecule has 0 aliphatic rings. The molecule has 0 aliphatic heterocycles. The Labute approximate surface area is 116 Å². The Morgan fingerprint density at radius 2 is 1.79 bits per heavy atom. The number of hydrogen-bond acceptors (Lipinski definition) is 3. The maximum Gasteiger partial charge on any atom is 0.200 e. The molecule has 0 atom stereocenters. The lowest BCUT2D eigenvalue weighted by molar-refractivity contribution is 0.0921. The summed E-state index contributed by atoms with van der Waals surface area (Å²) in [5.41, 5.74) is 0.577. The number of Topliss-reactive ketones (excluding diaryl/α,β-unsaturated/α-hetero) is 1. The zero-order valence-electron chi connectivity index (χ0n) is 10.4. The van der Waals surface area contributed by atoms with Gasteiger partial charge in [0.2, 0.25) is 0 Å². The van der Waals surface area contributed by atoms with Crippen molar-refractivity contribution in [2.75, 3.05) is 13.7 Å². The van der Waals surface area contributed by atoms with E-state index >= 15 is 0 Å². The molecule has 0 bridgehead atoms. The molecule has 0 heterocycles. The van der Waals surface area contributed by atoms with Crippen LogP contribution in [-0.4, -0.2) is 19.5 Å². The van der Waals surface area contributed by atoms with Gasteiger partial charge in [-0.3, -0.25) is 4.79 Å². The average molecular weight is 277 g/mol. The first kappa shape index (κ1) is 13.4. The summed E-state index contributed by atoms with van der Waals surface area (Å²) >= 11 is 5.94. The summed E-state index contributed by atoms with van der Waals surface area (Å²) in [6, 6.07) is 13.9. The lowest BCUT2D eigenvalue weighted by atomic mass is 10.1. The second-order valence-corrected chi connectivity index (χ2v) is 4.28. The third-order valence-corrected chi connectivity index (χ3v) is 2.92. The molecule has 2 rings (SSSR count). The number of methoxy groups -OCH3 is 1. The Morgan fingerprint density at radius 3 is 2.42 bits per heavy atom. The van der Waals surface area contributed by atoms with Crippen molar-refractivity contribution in [3.63, 3.8) is 0 Å². The van der Waals surface area contributed by atoms with Crippen molar-refractivity contribution >= 4 is 17.4 Å². The highest BCUT2D eigenvalue weighted by molar-refractivity contribution is 6.32. The van der Waals surface area contributed by atoms with Gasteiger partial charge in [-0.1, -0.05) is 23.7 Å². The van der Waals surface area contributed by atoms with E-state index < -0.39 is 0 Å². The normalized spacial score (nSPS) is 10.0. The van der Waals surface area contributed by atoms with Crippen LogP contribution >= 0.6 is 11.6 Å². The van der Waals surface area contributed by atoms with Crippen molar-refractivity contribution in [2.45, 2.75) is 0 Å². The zero-order valence-corrected chi connectivity index (χ0v) is 11.2. The van der Waals surface area contributed by atoms with Crippen LogP contribution in [0.15, 0.2) is 48.5 Å². The van der Waals surface area contributed by atoms with E-state index in [1.54, 1.807) is 55.6 Å². The van der Waals surface area contributed by atoms with E-state index in [0.29, 0.717) is 22.1 Å². The minimum atomic E-state index is -0.109. The number of ketones is 1. The minimum Gasteiger partial charge on any atom is -0.497 e. The molecule has 0 saturated heterocycles. The van der Waals surface area contributed by atoms with E-state index in [4.69, 9.17) is 21.1 Å². The summed E-state index contributed by atoms with van der Waals surface area (Å²) in [5, 5.41) is 0.491. The van der Waals surface area contributed by atoms with Gasteiger partial charge in [0, 0.05) is 5.56 Å². The van der Waals surface area contributed by atoms with Crippen LogP contribution in [0.25, 0.3) is 0 Å². The van der Waals surface area contributed by atoms with Gasteiger partial charge in [-0.15, -0.1) is 0 Å². The van der Waals surface area contributed by atoms with Crippen LogP contribution in [0.3, 0.4) is 0 Å². The van der Waals surface area contributed by atoms with Gasteiger partial charge < -0.3 is 9.47 Å². The maximum absolute atomic E-state index is 11.9. The van der Waals surface area contributed by atoms with Crippen LogP contribution in [0.5, 0.6) is 11.5 Å². The molecule has 3 nitrogen and oxygen atoms in total. The van der Waals surface area contributed by atoms with Crippen LogP contribution in [0.1, 0.15) is 10.4 Å². The number of benzene rings is 2. The largest absolute Gasteiger partial charge is 0.497 e. The summed E-state index contributed by atoms with van der Waals surface area (Å²) in [5.74, 6) is 1.11. The molecular formula is C15H13ClO3. The topological polar surface area (TPSA) is 35.5 Å². The van der Waals surface area contributed by atoms with Crippen LogP contribution in [-0.2, 0) is 0 Å². The smallest absolute Gasteiger partial charge is 0.200 e. The lowest BCUT2D eigenvalue weighted by Crippen LogP contribution is -2.11. The van der Waals surface area contributed by atoms with Crippen LogP contribution in [0, 0.1) is 0 Å². The Morgan fingerprint density at radius 1 is 1.11 bits per heavy atom. The van der Waals surface area contributed by atoms with E-state index in [1.807, 2.05) is 0 Å². The van der Waals surface area contributed by atoms with Crippen molar-refractivity contribution in [3.8, 4) is 11.5 Å². The van der Waals surface area contributed by atoms with E-state index in [9.17, 15) is 4.79 Å². The first-order valence-electron chi connectivity index (χ1n) is 5.75. The number of carbonyl (C=O) groups is 1. The van der Waals surface area contributed by atoms with Gasteiger partial charge in [0.15, 0.2) is 12.4 Å². The van der Waals surface area contributed by atoms with Crippen molar-refractivity contribution in [1.29, 1.82) is 0 Å². The van der Waals surface area contributed by atoms with Gasteiger partial charge in [-0.2, -0.15) is 0 Å². The molecular weight excluding hydrogens is 264 g/mol. The first-order chi connectivity index (χ1) is 9.20. The van der Waals surface area contributed by atoms with Crippen molar-refractivity contribution in [2.24, 2.45) is 0 Å². The summed E-state index contributed by atoms with van der Waals surface area (Å²) in [6.45, 7) is -0.0456. The van der Waals surface area contributed by atoms with Crippen LogP contribution < -0.4 is 9.47 Å². The van der Waals surface area contributed by atoms with E-state index in [1.165, 1.54) is 0 Å². The van der Waals surface area contributed by atoms with Crippen molar-refractivity contribution < 1.29 is 14.3 Å². The maximum atomic E-state index is 11.9. The molecule has 98 valence electrons. The van der Waals surface area contributed by atoms with Crippen molar-refractivity contribution in [3.05, 3.63) is 59.1 Å². The predicted molar refractivity (Wildman–Crippen MR) is 74.3 cm³/mol. The molecule has 0 aromatic heterocycles. The van der Waals surface area contributed by atoms with E-state index in [-0.39, 0.29) is 12.4 Å². The Hall–Kier alpha value is -2.00. The van der Waals surface area contributed by atoms with Gasteiger partial charge in [-0.25, -0.2) is 0 Å². The van der Waals surface area contributed by atoms with Gasteiger partial charge in [-0.05, 0) is 36.4 Å². The zero-order chi connectivity index (χ0) is 13.7. The predicted octanol–water partition coefficient (Wildman–Crippen LogP) is 3.61. The monoisotopic (exact) mass is 276 g/mol. The Kier molecular flexibility index (Phi) is 4.42. The molecule has 0 N–H and O–H groups in total. The molecule has 0 aliphatic carbocycles. The van der Waals surface area contributed by atoms with Gasteiger partial charge >= 0.3 is 0 Å². The van der Waals surface area contributed by atoms with E-state index in [2.05, 4.69) is 0 Å². The van der Waals surface area contributed by atoms with Crippen LogP contribution in [0.2, 0.25) is 5.02 Å². The summed E-state index contributed by atoms with van der Waals surface area (Å²) in [6.07, 6.45) is 0. The van der Waals surface area contributed by atoms with Crippen LogP contribution in [0.4, 0.5) is 0 Å². The molecule has 0 radical (unpaired) electrons. The number of halogens is 1. The minimum absolute atomic E-state index is 0.0456. The molecule has 0 saturated carbocycles. The SMILES string of the molecule is COc1ccc(C(=O)COc2ccccc2Cl)cc1. The first-order valence-corrected chi connectivity index (χ1v) is 6.13. The molecule has 0 fully saturated rings. The fourth-order valence-corrected chi connectivity index (χ4v) is 1.76. The average Bonchev–Trinajstić information content (AvgIpc) is 2.46. The highest BCUT2D eigenvalue weighted by Gasteiger charge is 2.08. The van der Waals surface area contributed by atoms with E-state index in [0.717, 1.165) is 0 Å². The number of hydrogen-bond donors (Lipinski definition) is 0. The lowest BCUT2D eigenvalue weighted by Gasteiger charge is -2.07. The van der Waals surface area contributed by atoms with Gasteiger partial charge in [0.25, 0.3) is 0 Å². The summed E-state index contributed by atoms with van der Waals surface area (Å²) in [4.78, 5) is 11.9. The highest BCUT2D eigenvalue weighted by Crippen LogP contribution is 2.23. The number of rotatable bonds is 5. The van der Waals surface area contributed by atoms with Gasteiger partial charge in [0.1, 0.15) is 11.5 Å². The second-order valence-electron chi connectivity index (χ2n) is 3.87. The third-order valence-electron chi connectivity index (χ3n) is 2.61.